The first-order valence-electron chi connectivity index (χ1n) is 6.12. The molecule has 2 unspecified atom stereocenters. The van der Waals surface area contributed by atoms with Gasteiger partial charge in [0.25, 0.3) is 0 Å². The molecular weight excluding hydrogens is 278 g/mol. The summed E-state index contributed by atoms with van der Waals surface area (Å²) < 4.78 is 6.51. The van der Waals surface area contributed by atoms with E-state index in [4.69, 9.17) is 4.74 Å². The zero-order valence-corrected chi connectivity index (χ0v) is 12.7. The molecule has 0 spiro atoms. The number of hydrogen-bond acceptors (Lipinski definition) is 2. The standard InChI is InChI=1S/C14H22BrNO/c1-5-10(2)13(16-3)9-11-8-12(15)6-7-14(11)17-4/h6-8,10,13,16H,5,9H2,1-4H3. The lowest BCUT2D eigenvalue weighted by Gasteiger charge is -2.23. The molecule has 1 aromatic rings. The summed E-state index contributed by atoms with van der Waals surface area (Å²) in [6.45, 7) is 4.51. The molecule has 1 N–H and O–H groups in total. The molecule has 17 heavy (non-hydrogen) atoms. The van der Waals surface area contributed by atoms with E-state index < -0.39 is 0 Å². The number of halogens is 1. The minimum atomic E-state index is 0.489. The number of ether oxygens (including phenoxy) is 1. The van der Waals surface area contributed by atoms with Crippen LogP contribution in [0.25, 0.3) is 0 Å². The topological polar surface area (TPSA) is 21.3 Å². The Kier molecular flexibility index (Phi) is 6.00. The summed E-state index contributed by atoms with van der Waals surface area (Å²) >= 11 is 3.52. The quantitative estimate of drug-likeness (QED) is 0.866. The number of nitrogens with one attached hydrogen (secondary N) is 1. The number of methoxy groups -OCH3 is 1. The van der Waals surface area contributed by atoms with Crippen LogP contribution in [0.1, 0.15) is 25.8 Å². The average Bonchev–Trinajstić information content (AvgIpc) is 2.35. The molecule has 0 aromatic heterocycles. The maximum atomic E-state index is 5.41. The summed E-state index contributed by atoms with van der Waals surface area (Å²) in [4.78, 5) is 0. The van der Waals surface area contributed by atoms with Crippen molar-refractivity contribution in [2.75, 3.05) is 14.2 Å². The van der Waals surface area contributed by atoms with E-state index in [1.54, 1.807) is 7.11 Å². The van der Waals surface area contributed by atoms with E-state index >= 15 is 0 Å². The Labute approximate surface area is 113 Å². The van der Waals surface area contributed by atoms with Crippen LogP contribution in [-0.4, -0.2) is 20.2 Å². The lowest BCUT2D eigenvalue weighted by atomic mass is 9.93. The summed E-state index contributed by atoms with van der Waals surface area (Å²) in [6.07, 6.45) is 2.18. The Bertz CT molecular complexity index is 354. The van der Waals surface area contributed by atoms with Gasteiger partial charge in [0.1, 0.15) is 5.75 Å². The minimum Gasteiger partial charge on any atom is -0.496 e. The smallest absolute Gasteiger partial charge is 0.122 e. The van der Waals surface area contributed by atoms with Crippen molar-refractivity contribution in [1.82, 2.24) is 5.32 Å². The molecule has 1 aromatic carbocycles. The third kappa shape index (κ3) is 4.00. The third-order valence-corrected chi connectivity index (χ3v) is 3.88. The summed E-state index contributed by atoms with van der Waals surface area (Å²) in [7, 11) is 3.76. The van der Waals surface area contributed by atoms with Crippen LogP contribution in [-0.2, 0) is 6.42 Å². The molecule has 1 rings (SSSR count). The van der Waals surface area contributed by atoms with Gasteiger partial charge < -0.3 is 10.1 Å². The van der Waals surface area contributed by atoms with Crippen molar-refractivity contribution in [3.8, 4) is 5.75 Å². The summed E-state index contributed by atoms with van der Waals surface area (Å²) in [5, 5.41) is 3.40. The Morgan fingerprint density at radius 2 is 2.12 bits per heavy atom. The minimum absolute atomic E-state index is 0.489. The Hall–Kier alpha value is -0.540. The van der Waals surface area contributed by atoms with Crippen molar-refractivity contribution in [1.29, 1.82) is 0 Å². The van der Waals surface area contributed by atoms with E-state index in [2.05, 4.69) is 41.2 Å². The van der Waals surface area contributed by atoms with Gasteiger partial charge in [0.15, 0.2) is 0 Å². The van der Waals surface area contributed by atoms with Gasteiger partial charge in [-0.25, -0.2) is 0 Å². The monoisotopic (exact) mass is 299 g/mol. The van der Waals surface area contributed by atoms with Crippen molar-refractivity contribution in [3.05, 3.63) is 28.2 Å². The molecule has 3 heteroatoms. The number of benzene rings is 1. The molecule has 0 radical (unpaired) electrons. The first-order chi connectivity index (χ1) is 8.12. The van der Waals surface area contributed by atoms with Gasteiger partial charge in [-0.15, -0.1) is 0 Å². The molecular formula is C14H22BrNO. The lowest BCUT2D eigenvalue weighted by Crippen LogP contribution is -2.34. The van der Waals surface area contributed by atoms with E-state index in [9.17, 15) is 0 Å². The van der Waals surface area contributed by atoms with Crippen molar-refractivity contribution in [3.63, 3.8) is 0 Å². The van der Waals surface area contributed by atoms with Crippen LogP contribution in [0.2, 0.25) is 0 Å². The van der Waals surface area contributed by atoms with Crippen molar-refractivity contribution >= 4 is 15.9 Å². The first kappa shape index (κ1) is 14.5. The average molecular weight is 300 g/mol. The molecule has 0 amide bonds. The summed E-state index contributed by atoms with van der Waals surface area (Å²) in [6, 6.07) is 6.66. The Balaban J connectivity index is 2.88. The highest BCUT2D eigenvalue weighted by molar-refractivity contribution is 9.10. The second-order valence-electron chi connectivity index (χ2n) is 4.44. The molecule has 0 aliphatic heterocycles. The third-order valence-electron chi connectivity index (χ3n) is 3.38. The first-order valence-corrected chi connectivity index (χ1v) is 6.91. The summed E-state index contributed by atoms with van der Waals surface area (Å²) in [5.74, 6) is 1.63. The van der Waals surface area contributed by atoms with Gasteiger partial charge >= 0.3 is 0 Å². The predicted octanol–water partition coefficient (Wildman–Crippen LogP) is 3.63. The highest BCUT2D eigenvalue weighted by Crippen LogP contribution is 2.25. The van der Waals surface area contributed by atoms with Gasteiger partial charge in [-0.05, 0) is 43.1 Å². The fourth-order valence-corrected chi connectivity index (χ4v) is 2.42. The predicted molar refractivity (Wildman–Crippen MR) is 76.7 cm³/mol. The van der Waals surface area contributed by atoms with Gasteiger partial charge in [0.05, 0.1) is 7.11 Å². The molecule has 96 valence electrons. The largest absolute Gasteiger partial charge is 0.496 e. The van der Waals surface area contributed by atoms with E-state index in [1.807, 2.05) is 19.2 Å². The maximum absolute atomic E-state index is 5.41. The molecule has 2 nitrogen and oxygen atoms in total. The van der Waals surface area contributed by atoms with Crippen LogP contribution in [0.5, 0.6) is 5.75 Å². The highest BCUT2D eigenvalue weighted by atomic mass is 79.9. The SMILES string of the molecule is CCC(C)C(Cc1cc(Br)ccc1OC)NC. The molecule has 0 heterocycles. The van der Waals surface area contributed by atoms with Gasteiger partial charge in [0, 0.05) is 10.5 Å². The van der Waals surface area contributed by atoms with Gasteiger partial charge in [-0.3, -0.25) is 0 Å². The lowest BCUT2D eigenvalue weighted by molar-refractivity contribution is 0.372. The molecule has 0 aliphatic carbocycles. The molecule has 0 saturated carbocycles. The van der Waals surface area contributed by atoms with Gasteiger partial charge in [-0.1, -0.05) is 36.2 Å². The van der Waals surface area contributed by atoms with Gasteiger partial charge in [-0.2, -0.15) is 0 Å². The fraction of sp³-hybridized carbons (Fsp3) is 0.571. The molecule has 0 saturated heterocycles. The second-order valence-corrected chi connectivity index (χ2v) is 5.36. The Morgan fingerprint density at radius 3 is 2.65 bits per heavy atom. The number of hydrogen-bond donors (Lipinski definition) is 1. The van der Waals surface area contributed by atoms with Crippen LogP contribution in [0.15, 0.2) is 22.7 Å². The molecule has 0 aliphatic rings. The number of likely N-dealkylation sites (N-methyl/N-ethyl adjacent to an activating group) is 1. The zero-order chi connectivity index (χ0) is 12.8. The van der Waals surface area contributed by atoms with Crippen LogP contribution >= 0.6 is 15.9 Å². The van der Waals surface area contributed by atoms with E-state index in [-0.39, 0.29) is 0 Å². The van der Waals surface area contributed by atoms with Gasteiger partial charge in [0.2, 0.25) is 0 Å². The molecule has 0 fully saturated rings. The van der Waals surface area contributed by atoms with Crippen LogP contribution in [0.3, 0.4) is 0 Å². The second kappa shape index (κ2) is 7.02. The number of rotatable bonds is 6. The highest BCUT2D eigenvalue weighted by Gasteiger charge is 2.16. The van der Waals surface area contributed by atoms with Crippen molar-refractivity contribution < 1.29 is 4.74 Å². The summed E-state index contributed by atoms with van der Waals surface area (Å²) in [5.41, 5.74) is 1.25. The van der Waals surface area contributed by atoms with Crippen LogP contribution < -0.4 is 10.1 Å². The fourth-order valence-electron chi connectivity index (χ4n) is 2.02. The van der Waals surface area contributed by atoms with Crippen LogP contribution in [0.4, 0.5) is 0 Å². The van der Waals surface area contributed by atoms with Crippen LogP contribution in [0, 0.1) is 5.92 Å². The van der Waals surface area contributed by atoms with Crippen molar-refractivity contribution in [2.24, 2.45) is 5.92 Å². The molecule has 0 bridgehead atoms. The molecule has 2 atom stereocenters. The van der Waals surface area contributed by atoms with Crippen molar-refractivity contribution in [2.45, 2.75) is 32.7 Å². The van der Waals surface area contributed by atoms with E-state index in [1.165, 1.54) is 12.0 Å². The zero-order valence-electron chi connectivity index (χ0n) is 11.1. The maximum Gasteiger partial charge on any atom is 0.122 e. The van der Waals surface area contributed by atoms with E-state index in [0.29, 0.717) is 12.0 Å². The van der Waals surface area contributed by atoms with E-state index in [0.717, 1.165) is 16.6 Å². The normalized spacial score (nSPS) is 14.4. The Morgan fingerprint density at radius 1 is 1.41 bits per heavy atom.